The molecule has 154 valence electrons. The molecule has 1 aromatic heterocycles. The minimum Gasteiger partial charge on any atom is -0.337 e. The number of fused-ring (bicyclic) bond motifs is 1. The molecule has 0 atom stereocenters. The van der Waals surface area contributed by atoms with E-state index in [2.05, 4.69) is 4.98 Å². The summed E-state index contributed by atoms with van der Waals surface area (Å²) in [5.41, 5.74) is 3.20. The number of nitrogens with zero attached hydrogens (tertiary/aromatic N) is 3. The third kappa shape index (κ3) is 4.44. The van der Waals surface area contributed by atoms with Gasteiger partial charge in [-0.1, -0.05) is 6.07 Å². The van der Waals surface area contributed by atoms with Crippen molar-refractivity contribution >= 4 is 33.3 Å². The Labute approximate surface area is 175 Å². The van der Waals surface area contributed by atoms with Crippen molar-refractivity contribution in [1.29, 1.82) is 0 Å². The summed E-state index contributed by atoms with van der Waals surface area (Å²) in [6.45, 7) is 3.34. The second-order valence-corrected chi connectivity index (χ2v) is 10.5. The number of amides is 1. The minimum atomic E-state index is -3.53. The lowest BCUT2D eigenvalue weighted by atomic mass is 9.92. The van der Waals surface area contributed by atoms with Crippen LogP contribution < -0.4 is 0 Å². The van der Waals surface area contributed by atoms with Crippen LogP contribution >= 0.6 is 11.3 Å². The molecular formula is C21H25N3O3S2. The zero-order valence-corrected chi connectivity index (χ0v) is 18.1. The van der Waals surface area contributed by atoms with Gasteiger partial charge in [0.15, 0.2) is 0 Å². The standard InChI is InChI=1S/C21H25N3O3S2/c1-16-22-19(15-28-16)7-9-21(25)23-10-12-24(13-11-23)29(26,27)20-8-6-17-4-2-3-5-18(17)14-20/h6-9,14-15H,2-5,10-13H2,1H3/b9-7+. The average molecular weight is 432 g/mol. The van der Waals surface area contributed by atoms with E-state index in [-0.39, 0.29) is 5.91 Å². The second-order valence-electron chi connectivity index (χ2n) is 7.49. The van der Waals surface area contributed by atoms with Gasteiger partial charge in [0.05, 0.1) is 15.6 Å². The summed E-state index contributed by atoms with van der Waals surface area (Å²) in [5.74, 6) is -0.110. The lowest BCUT2D eigenvalue weighted by Crippen LogP contribution is -2.50. The number of carbonyl (C=O) groups is 1. The van der Waals surface area contributed by atoms with E-state index in [0.717, 1.165) is 35.5 Å². The summed E-state index contributed by atoms with van der Waals surface area (Å²) >= 11 is 1.54. The van der Waals surface area contributed by atoms with E-state index < -0.39 is 10.0 Å². The van der Waals surface area contributed by atoms with Gasteiger partial charge in [0, 0.05) is 37.6 Å². The maximum atomic E-state index is 13.1. The van der Waals surface area contributed by atoms with Gasteiger partial charge in [-0.25, -0.2) is 13.4 Å². The second kappa shape index (κ2) is 8.38. The summed E-state index contributed by atoms with van der Waals surface area (Å²) in [7, 11) is -3.53. The van der Waals surface area contributed by atoms with Crippen molar-refractivity contribution in [2.45, 2.75) is 37.5 Å². The number of hydrogen-bond donors (Lipinski definition) is 0. The molecule has 1 saturated heterocycles. The van der Waals surface area contributed by atoms with Gasteiger partial charge in [0.25, 0.3) is 0 Å². The predicted octanol–water partition coefficient (Wildman–Crippen LogP) is 2.88. The summed E-state index contributed by atoms with van der Waals surface area (Å²) < 4.78 is 27.6. The van der Waals surface area contributed by atoms with Gasteiger partial charge in [-0.15, -0.1) is 11.3 Å². The molecule has 0 N–H and O–H groups in total. The zero-order chi connectivity index (χ0) is 20.4. The van der Waals surface area contributed by atoms with Crippen LogP contribution in [-0.4, -0.2) is 54.7 Å². The first-order valence-corrected chi connectivity index (χ1v) is 12.3. The minimum absolute atomic E-state index is 0.110. The Hall–Kier alpha value is -2.03. The molecule has 1 aliphatic heterocycles. The topological polar surface area (TPSA) is 70.6 Å². The van der Waals surface area contributed by atoms with Gasteiger partial charge in [0.2, 0.25) is 15.9 Å². The molecule has 29 heavy (non-hydrogen) atoms. The number of sulfonamides is 1. The maximum Gasteiger partial charge on any atom is 0.246 e. The molecular weight excluding hydrogens is 406 g/mol. The molecule has 2 heterocycles. The highest BCUT2D eigenvalue weighted by Crippen LogP contribution is 2.26. The Morgan fingerprint density at radius 2 is 1.83 bits per heavy atom. The van der Waals surface area contributed by atoms with E-state index in [1.54, 1.807) is 28.4 Å². The van der Waals surface area contributed by atoms with Crippen LogP contribution in [0.5, 0.6) is 0 Å². The van der Waals surface area contributed by atoms with Crippen LogP contribution in [0, 0.1) is 6.92 Å². The SMILES string of the molecule is Cc1nc(/C=C/C(=O)N2CCN(S(=O)(=O)c3ccc4c(c3)CCCC4)CC2)cs1. The summed E-state index contributed by atoms with van der Waals surface area (Å²) in [4.78, 5) is 18.8. The fourth-order valence-corrected chi connectivity index (χ4v) is 5.94. The highest BCUT2D eigenvalue weighted by molar-refractivity contribution is 7.89. The van der Waals surface area contributed by atoms with Crippen molar-refractivity contribution < 1.29 is 13.2 Å². The van der Waals surface area contributed by atoms with Crippen LogP contribution in [-0.2, 0) is 27.7 Å². The van der Waals surface area contributed by atoms with Crippen molar-refractivity contribution in [3.05, 3.63) is 51.5 Å². The van der Waals surface area contributed by atoms with Crippen molar-refractivity contribution in [2.24, 2.45) is 0 Å². The number of carbonyl (C=O) groups excluding carboxylic acids is 1. The number of thiazole rings is 1. The summed E-state index contributed by atoms with van der Waals surface area (Å²) in [5, 5.41) is 2.86. The smallest absolute Gasteiger partial charge is 0.246 e. The van der Waals surface area contributed by atoms with Crippen LogP contribution in [0.25, 0.3) is 6.08 Å². The number of hydrogen-bond acceptors (Lipinski definition) is 5. The number of piperazine rings is 1. The molecule has 0 radical (unpaired) electrons. The molecule has 1 aromatic carbocycles. The van der Waals surface area contributed by atoms with Crippen molar-refractivity contribution in [2.75, 3.05) is 26.2 Å². The lowest BCUT2D eigenvalue weighted by molar-refractivity contribution is -0.127. The van der Waals surface area contributed by atoms with Crippen molar-refractivity contribution in [3.63, 3.8) is 0 Å². The Morgan fingerprint density at radius 1 is 1.10 bits per heavy atom. The molecule has 1 amide bonds. The van der Waals surface area contributed by atoms with E-state index in [1.807, 2.05) is 24.4 Å². The van der Waals surface area contributed by atoms with Crippen molar-refractivity contribution in [1.82, 2.24) is 14.2 Å². The average Bonchev–Trinajstić information content (AvgIpc) is 3.17. The van der Waals surface area contributed by atoms with E-state index in [0.29, 0.717) is 31.1 Å². The first-order chi connectivity index (χ1) is 13.9. The Balaban J connectivity index is 1.39. The van der Waals surface area contributed by atoms with Crippen LogP contribution in [0.4, 0.5) is 0 Å². The lowest BCUT2D eigenvalue weighted by Gasteiger charge is -2.33. The first kappa shape index (κ1) is 20.3. The Morgan fingerprint density at radius 3 is 2.52 bits per heavy atom. The van der Waals surface area contributed by atoms with Gasteiger partial charge in [-0.3, -0.25) is 4.79 Å². The number of aryl methyl sites for hydroxylation is 3. The van der Waals surface area contributed by atoms with Gasteiger partial charge in [-0.2, -0.15) is 4.31 Å². The first-order valence-electron chi connectivity index (χ1n) is 9.94. The molecule has 6 nitrogen and oxygen atoms in total. The molecule has 8 heteroatoms. The van der Waals surface area contributed by atoms with Gasteiger partial charge >= 0.3 is 0 Å². The fraction of sp³-hybridized carbons (Fsp3) is 0.429. The van der Waals surface area contributed by atoms with Crippen LogP contribution in [0.15, 0.2) is 34.6 Å². The molecule has 1 aliphatic carbocycles. The summed E-state index contributed by atoms with van der Waals surface area (Å²) in [6, 6.07) is 5.54. The van der Waals surface area contributed by atoms with Crippen molar-refractivity contribution in [3.8, 4) is 0 Å². The molecule has 4 rings (SSSR count). The number of rotatable bonds is 4. The molecule has 2 aliphatic rings. The van der Waals surface area contributed by atoms with E-state index >= 15 is 0 Å². The van der Waals surface area contributed by atoms with Crippen LogP contribution in [0.3, 0.4) is 0 Å². The molecule has 0 bridgehead atoms. The highest BCUT2D eigenvalue weighted by atomic mass is 32.2. The normalized spacial score (nSPS) is 18.2. The molecule has 0 saturated carbocycles. The van der Waals surface area contributed by atoms with Gasteiger partial charge in [0.1, 0.15) is 0 Å². The quantitative estimate of drug-likeness (QED) is 0.698. The third-order valence-corrected chi connectivity index (χ3v) is 8.23. The Kier molecular flexibility index (Phi) is 5.85. The van der Waals surface area contributed by atoms with E-state index in [1.165, 1.54) is 22.4 Å². The highest BCUT2D eigenvalue weighted by Gasteiger charge is 2.30. The molecule has 1 fully saturated rings. The third-order valence-electron chi connectivity index (χ3n) is 5.54. The zero-order valence-electron chi connectivity index (χ0n) is 16.5. The number of aromatic nitrogens is 1. The number of benzene rings is 1. The monoisotopic (exact) mass is 431 g/mol. The molecule has 0 spiro atoms. The maximum absolute atomic E-state index is 13.1. The van der Waals surface area contributed by atoms with Crippen LogP contribution in [0.2, 0.25) is 0 Å². The summed E-state index contributed by atoms with van der Waals surface area (Å²) in [6.07, 6.45) is 7.50. The fourth-order valence-electron chi connectivity index (χ4n) is 3.89. The van der Waals surface area contributed by atoms with Gasteiger partial charge < -0.3 is 4.90 Å². The van der Waals surface area contributed by atoms with E-state index in [9.17, 15) is 13.2 Å². The molecule has 2 aromatic rings. The predicted molar refractivity (Wildman–Crippen MR) is 114 cm³/mol. The van der Waals surface area contributed by atoms with Crippen LogP contribution in [0.1, 0.15) is 34.7 Å². The molecule has 0 unspecified atom stereocenters. The largest absolute Gasteiger partial charge is 0.337 e. The van der Waals surface area contributed by atoms with E-state index in [4.69, 9.17) is 0 Å². The van der Waals surface area contributed by atoms with Gasteiger partial charge in [-0.05, 0) is 61.9 Å². The Bertz CT molecular complexity index is 1040.